The summed E-state index contributed by atoms with van der Waals surface area (Å²) in [5.74, 6) is -0.497. The van der Waals surface area contributed by atoms with Gasteiger partial charge in [-0.25, -0.2) is 23.1 Å². The number of aryl methyl sites for hydroxylation is 1. The number of fused-ring (bicyclic) bond motifs is 1. The summed E-state index contributed by atoms with van der Waals surface area (Å²) in [5.41, 5.74) is -1.40. The number of nitrogens with one attached hydrogen (secondary N) is 1. The number of hydrogen-bond donors (Lipinski definition) is 2. The Morgan fingerprint density at radius 1 is 1.26 bits per heavy atom. The van der Waals surface area contributed by atoms with E-state index in [1.807, 2.05) is 6.07 Å². The van der Waals surface area contributed by atoms with Gasteiger partial charge in [0.2, 0.25) is 11.8 Å². The Kier molecular flexibility index (Phi) is 7.68. The number of carbonyl (C=O) groups is 1. The SMILES string of the molecule is COc1nc2nc(C)nc(NC(C)c3cccc(C(F)F)c3F)c2cc1C1(O)CCN(C(=O)CC#N)CC1. The number of nitriles is 1. The van der Waals surface area contributed by atoms with Gasteiger partial charge in [0.1, 0.15) is 23.9 Å². The first-order chi connectivity index (χ1) is 18.1. The number of halogens is 3. The van der Waals surface area contributed by atoms with E-state index in [0.717, 1.165) is 6.07 Å². The Bertz CT molecular complexity index is 1400. The molecule has 3 heterocycles. The van der Waals surface area contributed by atoms with Crippen LogP contribution in [0.1, 0.15) is 61.2 Å². The van der Waals surface area contributed by atoms with Crippen LogP contribution in [0.4, 0.5) is 19.0 Å². The number of rotatable bonds is 7. The highest BCUT2D eigenvalue weighted by Crippen LogP contribution is 2.40. The molecule has 12 heteroatoms. The molecule has 1 fully saturated rings. The fraction of sp³-hybridized carbons (Fsp3) is 0.423. The third-order valence-electron chi connectivity index (χ3n) is 6.75. The summed E-state index contributed by atoms with van der Waals surface area (Å²) < 4.78 is 46.7. The number of amides is 1. The molecule has 1 unspecified atom stereocenters. The van der Waals surface area contributed by atoms with Crippen molar-refractivity contribution in [2.75, 3.05) is 25.5 Å². The Morgan fingerprint density at radius 2 is 1.95 bits per heavy atom. The maximum absolute atomic E-state index is 14.8. The largest absolute Gasteiger partial charge is 0.481 e. The van der Waals surface area contributed by atoms with E-state index in [-0.39, 0.29) is 61.2 Å². The van der Waals surface area contributed by atoms with Crippen LogP contribution in [0.2, 0.25) is 0 Å². The molecule has 0 radical (unpaired) electrons. The second kappa shape index (κ2) is 10.8. The van der Waals surface area contributed by atoms with Crippen LogP contribution < -0.4 is 10.1 Å². The highest BCUT2D eigenvalue weighted by molar-refractivity contribution is 5.88. The third-order valence-corrected chi connectivity index (χ3v) is 6.75. The minimum absolute atomic E-state index is 0.0435. The van der Waals surface area contributed by atoms with Gasteiger partial charge < -0.3 is 20.1 Å². The number of likely N-dealkylation sites (tertiary alicyclic amines) is 1. The molecule has 0 spiro atoms. The maximum Gasteiger partial charge on any atom is 0.266 e. The summed E-state index contributed by atoms with van der Waals surface area (Å²) >= 11 is 0. The van der Waals surface area contributed by atoms with Crippen LogP contribution >= 0.6 is 0 Å². The number of alkyl halides is 2. The smallest absolute Gasteiger partial charge is 0.266 e. The van der Waals surface area contributed by atoms with Crippen molar-refractivity contribution in [1.29, 1.82) is 5.26 Å². The van der Waals surface area contributed by atoms with E-state index in [1.54, 1.807) is 19.9 Å². The van der Waals surface area contributed by atoms with Crippen LogP contribution in [0.15, 0.2) is 24.3 Å². The van der Waals surface area contributed by atoms with Crippen molar-refractivity contribution in [2.24, 2.45) is 0 Å². The van der Waals surface area contributed by atoms with Gasteiger partial charge in [0.15, 0.2) is 5.65 Å². The minimum Gasteiger partial charge on any atom is -0.481 e. The number of pyridine rings is 1. The molecule has 38 heavy (non-hydrogen) atoms. The van der Waals surface area contributed by atoms with Gasteiger partial charge in [-0.05, 0) is 32.8 Å². The summed E-state index contributed by atoms with van der Waals surface area (Å²) in [7, 11) is 1.42. The summed E-state index contributed by atoms with van der Waals surface area (Å²) in [6.07, 6.45) is -2.81. The molecule has 200 valence electrons. The Labute approximate surface area is 217 Å². The van der Waals surface area contributed by atoms with Crippen molar-refractivity contribution in [3.05, 3.63) is 52.6 Å². The van der Waals surface area contributed by atoms with Crippen molar-refractivity contribution in [3.8, 4) is 11.9 Å². The zero-order valence-electron chi connectivity index (χ0n) is 21.1. The van der Waals surface area contributed by atoms with E-state index in [1.165, 1.54) is 24.1 Å². The monoisotopic (exact) mass is 528 g/mol. The van der Waals surface area contributed by atoms with Gasteiger partial charge in [-0.15, -0.1) is 0 Å². The van der Waals surface area contributed by atoms with Gasteiger partial charge in [0, 0.05) is 24.2 Å². The summed E-state index contributed by atoms with van der Waals surface area (Å²) in [4.78, 5) is 26.9. The molecule has 4 rings (SSSR count). The zero-order valence-corrected chi connectivity index (χ0v) is 21.1. The predicted molar refractivity (Wildman–Crippen MR) is 132 cm³/mol. The van der Waals surface area contributed by atoms with Gasteiger partial charge >= 0.3 is 0 Å². The number of anilines is 1. The van der Waals surface area contributed by atoms with Crippen molar-refractivity contribution in [1.82, 2.24) is 19.9 Å². The molecule has 0 aliphatic carbocycles. The van der Waals surface area contributed by atoms with Gasteiger partial charge in [-0.3, -0.25) is 4.79 Å². The number of methoxy groups -OCH3 is 1. The van der Waals surface area contributed by atoms with E-state index in [2.05, 4.69) is 20.3 Å². The van der Waals surface area contributed by atoms with Crippen LogP contribution in [0.3, 0.4) is 0 Å². The number of aromatic nitrogens is 3. The molecule has 1 saturated heterocycles. The van der Waals surface area contributed by atoms with Gasteiger partial charge in [-0.2, -0.15) is 10.2 Å². The molecule has 9 nitrogen and oxygen atoms in total. The van der Waals surface area contributed by atoms with E-state index in [4.69, 9.17) is 10.00 Å². The average molecular weight is 529 g/mol. The molecule has 1 aromatic carbocycles. The van der Waals surface area contributed by atoms with Gasteiger partial charge in [0.05, 0.1) is 35.8 Å². The maximum atomic E-state index is 14.8. The molecule has 3 aromatic rings. The normalized spacial score (nSPS) is 15.8. The number of benzene rings is 1. The lowest BCUT2D eigenvalue weighted by atomic mass is 9.84. The first-order valence-corrected chi connectivity index (χ1v) is 12.0. The Hall–Kier alpha value is -3.98. The Morgan fingerprint density at radius 3 is 2.58 bits per heavy atom. The lowest BCUT2D eigenvalue weighted by Gasteiger charge is -2.38. The molecule has 1 atom stereocenters. The Balaban J connectivity index is 1.72. The molecule has 0 saturated carbocycles. The van der Waals surface area contributed by atoms with Crippen molar-refractivity contribution in [2.45, 2.75) is 51.2 Å². The molecule has 2 aromatic heterocycles. The predicted octanol–water partition coefficient (Wildman–Crippen LogP) is 4.32. The number of nitrogens with zero attached hydrogens (tertiary/aromatic N) is 5. The molecule has 1 aliphatic heterocycles. The fourth-order valence-corrected chi connectivity index (χ4v) is 4.68. The van der Waals surface area contributed by atoms with E-state index in [9.17, 15) is 23.1 Å². The van der Waals surface area contributed by atoms with E-state index >= 15 is 0 Å². The topological polar surface area (TPSA) is 124 Å². The van der Waals surface area contributed by atoms with E-state index < -0.39 is 29.4 Å². The van der Waals surface area contributed by atoms with Gasteiger partial charge in [0.25, 0.3) is 6.43 Å². The van der Waals surface area contributed by atoms with Crippen LogP contribution in [0, 0.1) is 24.1 Å². The first-order valence-electron chi connectivity index (χ1n) is 12.0. The molecule has 0 bridgehead atoms. The van der Waals surface area contributed by atoms with Crippen LogP contribution in [-0.4, -0.2) is 51.1 Å². The lowest BCUT2D eigenvalue weighted by Crippen LogP contribution is -2.45. The second-order valence-corrected chi connectivity index (χ2v) is 9.20. The molecule has 1 amide bonds. The standard InChI is InChI=1S/C26H27F3N6O3/c1-14(16-5-4-6-17(21(16)27)22(28)29)31-23-18-13-19(25(38-3)34-24(18)33-15(2)32-23)26(37)8-11-35(12-9-26)20(36)7-10-30/h4-6,13-14,22,37H,7-9,11-12H2,1-3H3,(H,31,32,33,34). The molecular formula is C26H27F3N6O3. The van der Waals surface area contributed by atoms with Gasteiger partial charge in [-0.1, -0.05) is 18.2 Å². The quantitative estimate of drug-likeness (QED) is 0.465. The van der Waals surface area contributed by atoms with Crippen molar-refractivity contribution in [3.63, 3.8) is 0 Å². The lowest BCUT2D eigenvalue weighted by molar-refractivity contribution is -0.134. The number of aliphatic hydroxyl groups is 1. The molecular weight excluding hydrogens is 501 g/mol. The highest BCUT2D eigenvalue weighted by Gasteiger charge is 2.38. The first kappa shape index (κ1) is 27.1. The third kappa shape index (κ3) is 5.19. The number of ether oxygens (including phenoxy) is 1. The average Bonchev–Trinajstić information content (AvgIpc) is 2.88. The molecule has 2 N–H and O–H groups in total. The fourth-order valence-electron chi connectivity index (χ4n) is 4.68. The van der Waals surface area contributed by atoms with Crippen LogP contribution in [-0.2, 0) is 10.4 Å². The summed E-state index contributed by atoms with van der Waals surface area (Å²) in [5, 5.41) is 23.9. The number of carbonyl (C=O) groups excluding carboxylic acids is 1. The summed E-state index contributed by atoms with van der Waals surface area (Å²) in [6.45, 7) is 3.75. The molecule has 1 aliphatic rings. The highest BCUT2D eigenvalue weighted by atomic mass is 19.3. The van der Waals surface area contributed by atoms with Crippen LogP contribution in [0.5, 0.6) is 5.88 Å². The number of hydrogen-bond acceptors (Lipinski definition) is 8. The van der Waals surface area contributed by atoms with Crippen LogP contribution in [0.25, 0.3) is 11.0 Å². The van der Waals surface area contributed by atoms with Crippen molar-refractivity contribution >= 4 is 22.8 Å². The van der Waals surface area contributed by atoms with E-state index in [0.29, 0.717) is 16.8 Å². The second-order valence-electron chi connectivity index (χ2n) is 9.20. The minimum atomic E-state index is -2.95. The van der Waals surface area contributed by atoms with Crippen molar-refractivity contribution < 1.29 is 27.8 Å². The summed E-state index contributed by atoms with van der Waals surface area (Å²) in [6, 6.07) is 6.58. The zero-order chi connectivity index (χ0) is 27.6. The number of piperidine rings is 1.